The number of benzene rings is 2. The molecule has 3 aromatic rings. The Morgan fingerprint density at radius 2 is 1.69 bits per heavy atom. The molecule has 0 radical (unpaired) electrons. The molecule has 3 N–H and O–H groups in total. The van der Waals surface area contributed by atoms with Crippen molar-refractivity contribution in [2.24, 2.45) is 5.41 Å². The van der Waals surface area contributed by atoms with Gasteiger partial charge < -0.3 is 24.9 Å². The highest BCUT2D eigenvalue weighted by molar-refractivity contribution is 5.93. The molecule has 1 aromatic heterocycles. The molecule has 1 saturated carbocycles. The number of ether oxygens (including phenoxy) is 1. The molecule has 9 nitrogen and oxygen atoms in total. The Kier molecular flexibility index (Phi) is 5.98. The van der Waals surface area contributed by atoms with E-state index in [2.05, 4.69) is 27.8 Å². The van der Waals surface area contributed by atoms with Gasteiger partial charge in [0.25, 0.3) is 5.91 Å². The van der Waals surface area contributed by atoms with Gasteiger partial charge in [-0.1, -0.05) is 55.0 Å². The summed E-state index contributed by atoms with van der Waals surface area (Å²) in [5.74, 6) is -1.36. The Balaban J connectivity index is 1.16. The Bertz CT molecular complexity index is 1230. The summed E-state index contributed by atoms with van der Waals surface area (Å²) < 4.78 is 10.8. The molecule has 0 bridgehead atoms. The number of carboxylic acid groups (broad SMARTS) is 1. The standard InChI is InChI=1S/C26H25N3O6/c30-23(28-14-26(24(31)32)10-5-11-26)22-21(35-15-29-22)12-27-25(33)34-13-20-18-8-3-1-6-16(18)17-7-2-4-9-19(17)20/h1-4,6-9,15,20H,5,10-14H2,(H,27,33)(H,28,30)(H,31,32). The molecule has 2 amide bonds. The summed E-state index contributed by atoms with van der Waals surface area (Å²) in [6.45, 7) is 0.0949. The van der Waals surface area contributed by atoms with Crippen molar-refractivity contribution in [3.8, 4) is 11.1 Å². The molecule has 180 valence electrons. The van der Waals surface area contributed by atoms with E-state index in [-0.39, 0.29) is 37.1 Å². The van der Waals surface area contributed by atoms with Crippen LogP contribution in [0.2, 0.25) is 0 Å². The van der Waals surface area contributed by atoms with Crippen LogP contribution in [0.25, 0.3) is 11.1 Å². The number of hydrogen-bond donors (Lipinski definition) is 3. The van der Waals surface area contributed by atoms with Gasteiger partial charge in [0.15, 0.2) is 17.8 Å². The van der Waals surface area contributed by atoms with Crippen molar-refractivity contribution in [2.45, 2.75) is 31.7 Å². The van der Waals surface area contributed by atoms with Gasteiger partial charge in [-0.15, -0.1) is 0 Å². The summed E-state index contributed by atoms with van der Waals surface area (Å²) in [6.07, 6.45) is 2.34. The number of alkyl carbamates (subject to hydrolysis) is 1. The molecular formula is C26H25N3O6. The van der Waals surface area contributed by atoms with E-state index in [0.29, 0.717) is 12.8 Å². The molecule has 2 aromatic carbocycles. The minimum absolute atomic E-state index is 0.00353. The molecule has 2 aliphatic carbocycles. The smallest absolute Gasteiger partial charge is 0.407 e. The third kappa shape index (κ3) is 4.25. The van der Waals surface area contributed by atoms with Crippen molar-refractivity contribution in [1.82, 2.24) is 15.6 Å². The van der Waals surface area contributed by atoms with Crippen LogP contribution in [0.1, 0.15) is 52.6 Å². The van der Waals surface area contributed by atoms with Gasteiger partial charge in [0.05, 0.1) is 12.0 Å². The fourth-order valence-electron chi connectivity index (χ4n) is 4.79. The monoisotopic (exact) mass is 475 g/mol. The summed E-state index contributed by atoms with van der Waals surface area (Å²) in [5, 5.41) is 14.6. The number of aromatic nitrogens is 1. The van der Waals surface area contributed by atoms with Gasteiger partial charge in [0.1, 0.15) is 6.61 Å². The molecule has 0 spiro atoms. The van der Waals surface area contributed by atoms with Crippen LogP contribution in [0.3, 0.4) is 0 Å². The Hall–Kier alpha value is -4.14. The third-order valence-electron chi connectivity index (χ3n) is 6.94. The molecule has 0 saturated heterocycles. The van der Waals surface area contributed by atoms with Crippen LogP contribution < -0.4 is 10.6 Å². The maximum atomic E-state index is 12.5. The molecule has 1 heterocycles. The Labute approximate surface area is 201 Å². The maximum Gasteiger partial charge on any atom is 0.407 e. The van der Waals surface area contributed by atoms with Gasteiger partial charge in [-0.3, -0.25) is 9.59 Å². The minimum atomic E-state index is -0.918. The van der Waals surface area contributed by atoms with Crippen molar-refractivity contribution in [3.63, 3.8) is 0 Å². The average Bonchev–Trinajstić information content (AvgIpc) is 3.43. The summed E-state index contributed by atoms with van der Waals surface area (Å²) in [7, 11) is 0. The second-order valence-corrected chi connectivity index (χ2v) is 8.92. The van der Waals surface area contributed by atoms with E-state index in [1.54, 1.807) is 0 Å². The van der Waals surface area contributed by atoms with Crippen LogP contribution >= 0.6 is 0 Å². The van der Waals surface area contributed by atoms with E-state index in [1.807, 2.05) is 36.4 Å². The van der Waals surface area contributed by atoms with E-state index in [0.717, 1.165) is 35.1 Å². The number of oxazole rings is 1. The van der Waals surface area contributed by atoms with Crippen LogP contribution in [0, 0.1) is 5.41 Å². The van der Waals surface area contributed by atoms with E-state index in [4.69, 9.17) is 9.15 Å². The van der Waals surface area contributed by atoms with Gasteiger partial charge in [-0.25, -0.2) is 9.78 Å². The number of carboxylic acids is 1. The molecule has 0 aliphatic heterocycles. The summed E-state index contributed by atoms with van der Waals surface area (Å²) in [6, 6.07) is 16.1. The first-order chi connectivity index (χ1) is 17.0. The van der Waals surface area contributed by atoms with Gasteiger partial charge in [0.2, 0.25) is 0 Å². The number of fused-ring (bicyclic) bond motifs is 3. The SMILES string of the molecule is O=C(NCc1ocnc1C(=O)NCC1(C(=O)O)CCC1)OCC1c2ccccc2-c2ccccc21. The number of hydrogen-bond acceptors (Lipinski definition) is 6. The first-order valence-electron chi connectivity index (χ1n) is 11.5. The number of rotatable bonds is 8. The number of carbonyl (C=O) groups excluding carboxylic acids is 2. The molecule has 2 aliphatic rings. The van der Waals surface area contributed by atoms with Crippen LogP contribution in [0.5, 0.6) is 0 Å². The average molecular weight is 476 g/mol. The fraction of sp³-hybridized carbons (Fsp3) is 0.308. The zero-order chi connectivity index (χ0) is 24.4. The largest absolute Gasteiger partial charge is 0.481 e. The number of nitrogens with one attached hydrogen (secondary N) is 2. The molecule has 5 rings (SSSR count). The summed E-state index contributed by atoms with van der Waals surface area (Å²) >= 11 is 0. The van der Waals surface area contributed by atoms with E-state index < -0.39 is 23.4 Å². The lowest BCUT2D eigenvalue weighted by Gasteiger charge is -2.37. The fourth-order valence-corrected chi connectivity index (χ4v) is 4.79. The van der Waals surface area contributed by atoms with Crippen molar-refractivity contribution in [1.29, 1.82) is 0 Å². The molecule has 35 heavy (non-hydrogen) atoms. The van der Waals surface area contributed by atoms with Gasteiger partial charge in [0, 0.05) is 12.5 Å². The quantitative estimate of drug-likeness (QED) is 0.453. The second kappa shape index (κ2) is 9.25. The van der Waals surface area contributed by atoms with Crippen LogP contribution in [-0.4, -0.2) is 41.2 Å². The molecular weight excluding hydrogens is 450 g/mol. The van der Waals surface area contributed by atoms with Crippen molar-refractivity contribution >= 4 is 18.0 Å². The summed E-state index contributed by atoms with van der Waals surface area (Å²) in [5.41, 5.74) is 3.59. The molecule has 9 heteroatoms. The lowest BCUT2D eigenvalue weighted by molar-refractivity contribution is -0.153. The van der Waals surface area contributed by atoms with E-state index in [1.165, 1.54) is 0 Å². The second-order valence-electron chi connectivity index (χ2n) is 8.92. The van der Waals surface area contributed by atoms with Crippen molar-refractivity contribution in [3.05, 3.63) is 77.5 Å². The Morgan fingerprint density at radius 1 is 1.03 bits per heavy atom. The van der Waals surface area contributed by atoms with E-state index >= 15 is 0 Å². The van der Waals surface area contributed by atoms with Crippen LogP contribution in [-0.2, 0) is 16.1 Å². The van der Waals surface area contributed by atoms with Crippen molar-refractivity contribution < 1.29 is 28.6 Å². The lowest BCUT2D eigenvalue weighted by Crippen LogP contribution is -2.47. The first-order valence-corrected chi connectivity index (χ1v) is 11.5. The van der Waals surface area contributed by atoms with E-state index in [9.17, 15) is 19.5 Å². The predicted octanol–water partition coefficient (Wildman–Crippen LogP) is 3.70. The zero-order valence-corrected chi connectivity index (χ0v) is 19.0. The highest BCUT2D eigenvalue weighted by atomic mass is 16.5. The highest BCUT2D eigenvalue weighted by Crippen LogP contribution is 2.44. The van der Waals surface area contributed by atoms with Crippen molar-refractivity contribution in [2.75, 3.05) is 13.2 Å². The van der Waals surface area contributed by atoms with Gasteiger partial charge in [-0.2, -0.15) is 0 Å². The first kappa shape index (κ1) is 22.6. The molecule has 0 unspecified atom stereocenters. The number of aliphatic carboxylic acids is 1. The number of carbonyl (C=O) groups is 3. The maximum absolute atomic E-state index is 12.5. The van der Waals surface area contributed by atoms with Crippen LogP contribution in [0.4, 0.5) is 4.79 Å². The van der Waals surface area contributed by atoms with Gasteiger partial charge >= 0.3 is 12.1 Å². The lowest BCUT2D eigenvalue weighted by atomic mass is 9.69. The molecule has 1 fully saturated rings. The predicted molar refractivity (Wildman–Crippen MR) is 125 cm³/mol. The minimum Gasteiger partial charge on any atom is -0.481 e. The number of nitrogens with zero attached hydrogens (tertiary/aromatic N) is 1. The zero-order valence-electron chi connectivity index (χ0n) is 19.0. The Morgan fingerprint density at radius 3 is 2.29 bits per heavy atom. The molecule has 0 atom stereocenters. The van der Waals surface area contributed by atoms with Gasteiger partial charge in [-0.05, 0) is 35.1 Å². The third-order valence-corrected chi connectivity index (χ3v) is 6.94. The topological polar surface area (TPSA) is 131 Å². The normalized spacial score (nSPS) is 15.4. The van der Waals surface area contributed by atoms with Crippen LogP contribution in [0.15, 0.2) is 59.3 Å². The summed E-state index contributed by atoms with van der Waals surface area (Å²) in [4.78, 5) is 40.4. The highest BCUT2D eigenvalue weighted by Gasteiger charge is 2.44. The number of amides is 2.